The van der Waals surface area contributed by atoms with E-state index in [0.29, 0.717) is 20.9 Å². The topological polar surface area (TPSA) is 68.3 Å². The van der Waals surface area contributed by atoms with Crippen molar-refractivity contribution in [1.82, 2.24) is 4.98 Å². The second-order valence-corrected chi connectivity index (χ2v) is 8.20. The van der Waals surface area contributed by atoms with Crippen molar-refractivity contribution in [2.75, 3.05) is 4.72 Å². The van der Waals surface area contributed by atoms with E-state index in [2.05, 4.69) is 25.6 Å². The summed E-state index contributed by atoms with van der Waals surface area (Å²) in [7, 11) is -3.74. The lowest BCUT2D eigenvalue weighted by atomic mass is 10.3. The fourth-order valence-electron chi connectivity index (χ4n) is 2.19. The second-order valence-electron chi connectivity index (χ2n) is 5.29. The quantitative estimate of drug-likeness (QED) is 0.578. The van der Waals surface area contributed by atoms with Gasteiger partial charge in [0.15, 0.2) is 0 Å². The summed E-state index contributed by atoms with van der Waals surface area (Å²) in [6.45, 7) is 0.266. The van der Waals surface area contributed by atoms with Crippen molar-refractivity contribution >= 4 is 43.2 Å². The van der Waals surface area contributed by atoms with Gasteiger partial charge >= 0.3 is 0 Å². The maximum Gasteiger partial charge on any atom is 0.263 e. The molecule has 0 saturated heterocycles. The molecule has 0 atom stereocenters. The summed E-state index contributed by atoms with van der Waals surface area (Å²) in [5.74, 6) is 0.446. The van der Waals surface area contributed by atoms with Crippen molar-refractivity contribution < 1.29 is 13.2 Å². The zero-order chi connectivity index (χ0) is 18.6. The highest BCUT2D eigenvalue weighted by molar-refractivity contribution is 9.10. The van der Waals surface area contributed by atoms with Crippen LogP contribution in [0, 0.1) is 0 Å². The second kappa shape index (κ2) is 8.07. The third-order valence-electron chi connectivity index (χ3n) is 3.41. The molecule has 0 aliphatic heterocycles. The minimum Gasteiger partial charge on any atom is -0.486 e. The normalized spacial score (nSPS) is 11.2. The van der Waals surface area contributed by atoms with Crippen LogP contribution in [0.3, 0.4) is 0 Å². The molecule has 3 aromatic rings. The number of aromatic nitrogens is 1. The van der Waals surface area contributed by atoms with Gasteiger partial charge in [0.1, 0.15) is 17.3 Å². The lowest BCUT2D eigenvalue weighted by Crippen LogP contribution is -2.13. The van der Waals surface area contributed by atoms with Gasteiger partial charge in [-0.2, -0.15) is 0 Å². The van der Waals surface area contributed by atoms with Gasteiger partial charge in [-0.3, -0.25) is 9.71 Å². The van der Waals surface area contributed by atoms with E-state index in [-0.39, 0.29) is 11.5 Å². The summed E-state index contributed by atoms with van der Waals surface area (Å²) >= 11 is 9.46. The van der Waals surface area contributed by atoms with E-state index in [9.17, 15) is 8.42 Å². The van der Waals surface area contributed by atoms with Crippen molar-refractivity contribution in [3.8, 4) is 5.75 Å². The predicted octanol–water partition coefficient (Wildman–Crippen LogP) is 4.88. The Kier molecular flexibility index (Phi) is 5.80. The molecule has 0 fully saturated rings. The third-order valence-corrected chi connectivity index (χ3v) is 6.10. The Hall–Kier alpha value is -2.09. The first-order valence-corrected chi connectivity index (χ1v) is 10.2. The molecule has 26 heavy (non-hydrogen) atoms. The predicted molar refractivity (Wildman–Crippen MR) is 105 cm³/mol. The molecule has 134 valence electrons. The molecule has 0 radical (unpaired) electrons. The molecule has 0 bridgehead atoms. The fraction of sp³-hybridized carbons (Fsp3) is 0.0556. The van der Waals surface area contributed by atoms with E-state index in [4.69, 9.17) is 16.3 Å². The summed E-state index contributed by atoms with van der Waals surface area (Å²) in [4.78, 5) is 4.31. The van der Waals surface area contributed by atoms with Crippen LogP contribution in [0.5, 0.6) is 5.75 Å². The molecule has 1 heterocycles. The van der Waals surface area contributed by atoms with Gasteiger partial charge in [-0.15, -0.1) is 0 Å². The summed E-state index contributed by atoms with van der Waals surface area (Å²) in [6, 6.07) is 16.8. The molecule has 0 amide bonds. The van der Waals surface area contributed by atoms with Crippen LogP contribution in [-0.2, 0) is 16.6 Å². The minimum absolute atomic E-state index is 0.145. The third kappa shape index (κ3) is 4.55. The van der Waals surface area contributed by atoms with Gasteiger partial charge in [-0.05, 0) is 58.4 Å². The number of hydrogen-bond acceptors (Lipinski definition) is 4. The minimum atomic E-state index is -3.74. The fourth-order valence-corrected chi connectivity index (χ4v) is 4.48. The SMILES string of the molecule is O=S(=O)(Nc1ccc(OCc2ccccn2)c(Cl)c1)c1ccccc1Br. The number of halogens is 2. The molecule has 1 aromatic heterocycles. The van der Waals surface area contributed by atoms with Gasteiger partial charge in [0, 0.05) is 10.7 Å². The Bertz CT molecular complexity index is 1010. The van der Waals surface area contributed by atoms with Crippen LogP contribution < -0.4 is 9.46 Å². The zero-order valence-corrected chi connectivity index (χ0v) is 16.6. The van der Waals surface area contributed by atoms with E-state index in [1.165, 1.54) is 12.1 Å². The lowest BCUT2D eigenvalue weighted by molar-refractivity contribution is 0.301. The first kappa shape index (κ1) is 18.7. The summed E-state index contributed by atoms with van der Waals surface area (Å²) in [6.07, 6.45) is 1.68. The van der Waals surface area contributed by atoms with Crippen molar-refractivity contribution in [2.45, 2.75) is 11.5 Å². The summed E-state index contributed by atoms with van der Waals surface area (Å²) < 4.78 is 33.6. The van der Waals surface area contributed by atoms with Crippen LogP contribution in [0.25, 0.3) is 0 Å². The largest absolute Gasteiger partial charge is 0.486 e. The molecule has 5 nitrogen and oxygen atoms in total. The number of benzene rings is 2. The number of sulfonamides is 1. The Morgan fingerprint density at radius 1 is 1.08 bits per heavy atom. The Labute approximate surface area is 165 Å². The first-order valence-electron chi connectivity index (χ1n) is 7.55. The molecule has 0 aliphatic carbocycles. The van der Waals surface area contributed by atoms with Gasteiger partial charge in [0.2, 0.25) is 0 Å². The van der Waals surface area contributed by atoms with E-state index in [0.717, 1.165) is 5.69 Å². The molecule has 0 saturated carbocycles. The molecule has 2 aromatic carbocycles. The summed E-state index contributed by atoms with van der Waals surface area (Å²) in [5.41, 5.74) is 1.11. The van der Waals surface area contributed by atoms with Crippen molar-refractivity contribution in [3.63, 3.8) is 0 Å². The Morgan fingerprint density at radius 2 is 1.85 bits per heavy atom. The lowest BCUT2D eigenvalue weighted by Gasteiger charge is -2.12. The molecule has 1 N–H and O–H groups in total. The van der Waals surface area contributed by atoms with Crippen LogP contribution >= 0.6 is 27.5 Å². The standard InChI is InChI=1S/C18H14BrClN2O3S/c19-15-6-1-2-7-18(15)26(23,24)22-13-8-9-17(16(20)11-13)25-12-14-5-3-4-10-21-14/h1-11,22H,12H2. The van der Waals surface area contributed by atoms with Crippen molar-refractivity contribution in [1.29, 1.82) is 0 Å². The number of ether oxygens (including phenoxy) is 1. The number of nitrogens with one attached hydrogen (secondary N) is 1. The highest BCUT2D eigenvalue weighted by Gasteiger charge is 2.17. The van der Waals surface area contributed by atoms with Crippen LogP contribution in [-0.4, -0.2) is 13.4 Å². The van der Waals surface area contributed by atoms with Crippen LogP contribution in [0.2, 0.25) is 5.02 Å². The van der Waals surface area contributed by atoms with Gasteiger partial charge in [0.05, 0.1) is 16.4 Å². The van der Waals surface area contributed by atoms with Crippen molar-refractivity contribution in [3.05, 3.63) is 82.0 Å². The number of anilines is 1. The average molecular weight is 454 g/mol. The van der Waals surface area contributed by atoms with E-state index >= 15 is 0 Å². The van der Waals surface area contributed by atoms with Crippen LogP contribution in [0.4, 0.5) is 5.69 Å². The maximum absolute atomic E-state index is 12.5. The van der Waals surface area contributed by atoms with E-state index in [1.807, 2.05) is 18.2 Å². The Balaban J connectivity index is 1.74. The van der Waals surface area contributed by atoms with Crippen LogP contribution in [0.15, 0.2) is 76.2 Å². The average Bonchev–Trinajstić information content (AvgIpc) is 2.62. The molecular formula is C18H14BrClN2O3S. The number of nitrogens with zero attached hydrogens (tertiary/aromatic N) is 1. The molecule has 3 rings (SSSR count). The molecular weight excluding hydrogens is 440 g/mol. The molecule has 0 aliphatic rings. The monoisotopic (exact) mass is 452 g/mol. The van der Waals surface area contributed by atoms with Gasteiger partial charge in [-0.1, -0.05) is 29.8 Å². The van der Waals surface area contributed by atoms with Gasteiger partial charge in [-0.25, -0.2) is 8.42 Å². The van der Waals surface area contributed by atoms with Crippen LogP contribution in [0.1, 0.15) is 5.69 Å². The maximum atomic E-state index is 12.5. The first-order chi connectivity index (χ1) is 12.5. The number of pyridine rings is 1. The highest BCUT2D eigenvalue weighted by atomic mass is 79.9. The smallest absolute Gasteiger partial charge is 0.263 e. The number of hydrogen-bond donors (Lipinski definition) is 1. The molecule has 8 heteroatoms. The highest BCUT2D eigenvalue weighted by Crippen LogP contribution is 2.30. The zero-order valence-electron chi connectivity index (χ0n) is 13.4. The van der Waals surface area contributed by atoms with Gasteiger partial charge in [0.25, 0.3) is 10.0 Å². The molecule has 0 unspecified atom stereocenters. The van der Waals surface area contributed by atoms with Crippen molar-refractivity contribution in [2.24, 2.45) is 0 Å². The number of rotatable bonds is 6. The van der Waals surface area contributed by atoms with Gasteiger partial charge < -0.3 is 4.74 Å². The Morgan fingerprint density at radius 3 is 2.54 bits per heavy atom. The van der Waals surface area contributed by atoms with E-state index in [1.54, 1.807) is 36.5 Å². The van der Waals surface area contributed by atoms with E-state index < -0.39 is 10.0 Å². The molecule has 0 spiro atoms. The summed E-state index contributed by atoms with van der Waals surface area (Å²) in [5, 5.41) is 0.299.